The van der Waals surface area contributed by atoms with Crippen LogP contribution in [0.3, 0.4) is 0 Å². The lowest BCUT2D eigenvalue weighted by Gasteiger charge is -2.32. The van der Waals surface area contributed by atoms with Gasteiger partial charge in [0.1, 0.15) is 17.3 Å². The fourth-order valence-electron chi connectivity index (χ4n) is 4.89. The first-order chi connectivity index (χ1) is 17.4. The van der Waals surface area contributed by atoms with Gasteiger partial charge in [0.25, 0.3) is 5.91 Å². The second-order valence-corrected chi connectivity index (χ2v) is 10.7. The van der Waals surface area contributed by atoms with E-state index in [1.54, 1.807) is 6.07 Å². The van der Waals surface area contributed by atoms with Gasteiger partial charge in [0.2, 0.25) is 0 Å². The molecule has 0 spiro atoms. The van der Waals surface area contributed by atoms with E-state index < -0.39 is 0 Å². The summed E-state index contributed by atoms with van der Waals surface area (Å²) in [5.74, 6) is 1.99. The van der Waals surface area contributed by atoms with E-state index in [9.17, 15) is 4.79 Å². The number of amides is 1. The Kier molecular flexibility index (Phi) is 6.13. The number of hydrogen-bond donors (Lipinski definition) is 2. The number of carbonyl (C=O) groups excluding carboxylic acids is 1. The standard InChI is InChI=1S/C28H28ClN3O3S/c1-16-4-6-17-13-25-21(27(33)32-12-2-3-26(32)35-25)15-20(17)24(11-5-16)34-19-9-10-23(22(29)14-19)31-28(36)30-18-7-8-18/h5,9-11,13-15,18,26H,2-4,6-8,12H2,1H3,(H2,30,31,36)/b16-5+,24-11+. The zero-order valence-electron chi connectivity index (χ0n) is 20.1. The van der Waals surface area contributed by atoms with E-state index in [1.165, 1.54) is 5.57 Å². The highest BCUT2D eigenvalue weighted by Gasteiger charge is 2.38. The fraction of sp³-hybridized carbons (Fsp3) is 0.357. The molecule has 2 aromatic rings. The van der Waals surface area contributed by atoms with Crippen LogP contribution in [0.4, 0.5) is 5.69 Å². The van der Waals surface area contributed by atoms with Gasteiger partial charge in [-0.15, -0.1) is 0 Å². The second-order valence-electron chi connectivity index (χ2n) is 9.88. The molecule has 186 valence electrons. The number of halogens is 1. The van der Waals surface area contributed by atoms with Gasteiger partial charge in [0.05, 0.1) is 16.3 Å². The van der Waals surface area contributed by atoms with Gasteiger partial charge in [0.15, 0.2) is 11.3 Å². The summed E-state index contributed by atoms with van der Waals surface area (Å²) < 4.78 is 12.6. The lowest BCUT2D eigenvalue weighted by atomic mass is 9.93. The van der Waals surface area contributed by atoms with E-state index in [4.69, 9.17) is 33.3 Å². The van der Waals surface area contributed by atoms with E-state index in [-0.39, 0.29) is 12.1 Å². The third-order valence-corrected chi connectivity index (χ3v) is 7.59. The van der Waals surface area contributed by atoms with Crippen molar-refractivity contribution in [1.82, 2.24) is 10.2 Å². The van der Waals surface area contributed by atoms with E-state index in [0.717, 1.165) is 61.9 Å². The van der Waals surface area contributed by atoms with Crippen molar-refractivity contribution in [2.45, 2.75) is 57.7 Å². The van der Waals surface area contributed by atoms with E-state index in [1.807, 2.05) is 35.2 Å². The molecule has 0 radical (unpaired) electrons. The molecule has 2 aliphatic carbocycles. The van der Waals surface area contributed by atoms with Gasteiger partial charge in [-0.1, -0.05) is 23.3 Å². The van der Waals surface area contributed by atoms with Crippen LogP contribution in [0.2, 0.25) is 5.02 Å². The summed E-state index contributed by atoms with van der Waals surface area (Å²) in [7, 11) is 0. The van der Waals surface area contributed by atoms with Crippen LogP contribution in [0, 0.1) is 0 Å². The number of allylic oxidation sites excluding steroid dienone is 3. The molecule has 0 aromatic heterocycles. The maximum Gasteiger partial charge on any atom is 0.260 e. The molecular formula is C28H28ClN3O3S. The Hall–Kier alpha value is -3.03. The molecule has 6 nitrogen and oxygen atoms in total. The Labute approximate surface area is 221 Å². The van der Waals surface area contributed by atoms with Crippen molar-refractivity contribution in [3.63, 3.8) is 0 Å². The van der Waals surface area contributed by atoms with Gasteiger partial charge in [-0.3, -0.25) is 4.79 Å². The minimum absolute atomic E-state index is 0.0314. The number of fused-ring (bicyclic) bond motifs is 3. The highest BCUT2D eigenvalue weighted by Crippen LogP contribution is 2.39. The second kappa shape index (κ2) is 9.45. The highest BCUT2D eigenvalue weighted by atomic mass is 35.5. The number of ether oxygens (including phenoxy) is 2. The number of hydrogen-bond acceptors (Lipinski definition) is 4. The third-order valence-electron chi connectivity index (χ3n) is 7.06. The minimum atomic E-state index is -0.147. The fourth-order valence-corrected chi connectivity index (χ4v) is 5.38. The molecule has 8 heteroatoms. The van der Waals surface area contributed by atoms with Gasteiger partial charge in [-0.2, -0.15) is 0 Å². The Bertz CT molecular complexity index is 1320. The molecule has 1 amide bonds. The molecule has 2 aliphatic heterocycles. The first-order valence-electron chi connectivity index (χ1n) is 12.5. The van der Waals surface area contributed by atoms with Crippen molar-refractivity contribution >= 4 is 46.3 Å². The summed E-state index contributed by atoms with van der Waals surface area (Å²) in [6.45, 7) is 2.85. The maximum atomic E-state index is 13.2. The molecule has 2 heterocycles. The largest absolute Gasteiger partial charge is 0.470 e. The van der Waals surface area contributed by atoms with Crippen molar-refractivity contribution in [1.29, 1.82) is 0 Å². The summed E-state index contributed by atoms with van der Waals surface area (Å²) in [5, 5.41) is 7.50. The minimum Gasteiger partial charge on any atom is -0.470 e. The normalized spacial score (nSPS) is 23.4. The molecule has 4 aliphatic rings. The van der Waals surface area contributed by atoms with Crippen LogP contribution < -0.4 is 20.1 Å². The number of nitrogens with one attached hydrogen (secondary N) is 2. The van der Waals surface area contributed by atoms with Crippen LogP contribution in [0.15, 0.2) is 48.1 Å². The van der Waals surface area contributed by atoms with Crippen LogP contribution in [0.1, 0.15) is 60.5 Å². The van der Waals surface area contributed by atoms with E-state index in [2.05, 4.69) is 23.6 Å². The molecule has 6 rings (SSSR count). The first kappa shape index (κ1) is 23.4. The number of thiocarbonyl (C=S) groups is 1. The summed E-state index contributed by atoms with van der Waals surface area (Å²) in [4.78, 5) is 15.1. The summed E-state index contributed by atoms with van der Waals surface area (Å²) >= 11 is 11.9. The number of anilines is 1. The van der Waals surface area contributed by atoms with Crippen LogP contribution in [-0.4, -0.2) is 34.7 Å². The van der Waals surface area contributed by atoms with Gasteiger partial charge in [0, 0.05) is 30.6 Å². The smallest absolute Gasteiger partial charge is 0.260 e. The van der Waals surface area contributed by atoms with Crippen molar-refractivity contribution < 1.29 is 14.3 Å². The van der Waals surface area contributed by atoms with Gasteiger partial charge >= 0.3 is 0 Å². The van der Waals surface area contributed by atoms with Gasteiger partial charge in [-0.25, -0.2) is 0 Å². The van der Waals surface area contributed by atoms with Gasteiger partial charge < -0.3 is 25.0 Å². The van der Waals surface area contributed by atoms with Crippen LogP contribution >= 0.6 is 23.8 Å². The molecule has 1 unspecified atom stereocenters. The van der Waals surface area contributed by atoms with Crippen LogP contribution in [0.25, 0.3) is 5.76 Å². The summed E-state index contributed by atoms with van der Waals surface area (Å²) in [5.41, 5.74) is 4.58. The molecule has 2 fully saturated rings. The Balaban J connectivity index is 1.30. The first-order valence-corrected chi connectivity index (χ1v) is 13.3. The average molecular weight is 522 g/mol. The molecule has 1 atom stereocenters. The SMILES string of the molecule is C/C1=C\C=C(\Oc2ccc(NC(=S)NC3CC3)c(Cl)c2)c2cc3c(cc2CC1)OC1CCCN1C3=O. The van der Waals surface area contributed by atoms with Crippen molar-refractivity contribution in [2.24, 2.45) is 0 Å². The molecule has 36 heavy (non-hydrogen) atoms. The van der Waals surface area contributed by atoms with Crippen molar-refractivity contribution in [2.75, 3.05) is 11.9 Å². The summed E-state index contributed by atoms with van der Waals surface area (Å²) in [6.07, 6.45) is 9.81. The maximum absolute atomic E-state index is 13.2. The number of benzene rings is 2. The molecule has 1 saturated carbocycles. The predicted octanol–water partition coefficient (Wildman–Crippen LogP) is 6.06. The number of carbonyl (C=O) groups is 1. The van der Waals surface area contributed by atoms with Crippen LogP contribution in [-0.2, 0) is 6.42 Å². The average Bonchev–Trinajstić information content (AvgIpc) is 3.53. The Morgan fingerprint density at radius 2 is 2.00 bits per heavy atom. The Morgan fingerprint density at radius 1 is 1.14 bits per heavy atom. The predicted molar refractivity (Wildman–Crippen MR) is 146 cm³/mol. The number of aryl methyl sites for hydroxylation is 1. The summed E-state index contributed by atoms with van der Waals surface area (Å²) in [6, 6.07) is 9.94. The lowest BCUT2D eigenvalue weighted by Crippen LogP contribution is -2.43. The molecule has 2 aromatic carbocycles. The third kappa shape index (κ3) is 4.70. The molecule has 0 bridgehead atoms. The van der Waals surface area contributed by atoms with E-state index in [0.29, 0.717) is 39.0 Å². The van der Waals surface area contributed by atoms with Crippen molar-refractivity contribution in [3.05, 3.63) is 69.8 Å². The Morgan fingerprint density at radius 3 is 2.81 bits per heavy atom. The molecule has 1 saturated heterocycles. The van der Waals surface area contributed by atoms with E-state index >= 15 is 0 Å². The number of nitrogens with zero attached hydrogens (tertiary/aromatic N) is 1. The molecule has 2 N–H and O–H groups in total. The van der Waals surface area contributed by atoms with Crippen molar-refractivity contribution in [3.8, 4) is 11.5 Å². The lowest BCUT2D eigenvalue weighted by molar-refractivity contribution is 0.0293. The molecular weight excluding hydrogens is 494 g/mol. The highest BCUT2D eigenvalue weighted by molar-refractivity contribution is 7.80. The quantitative estimate of drug-likeness (QED) is 0.477. The zero-order valence-corrected chi connectivity index (χ0v) is 21.7. The zero-order chi connectivity index (χ0) is 24.8. The monoisotopic (exact) mass is 521 g/mol. The van der Waals surface area contributed by atoms with Gasteiger partial charge in [-0.05, 0) is 87.2 Å². The number of rotatable bonds is 4. The topological polar surface area (TPSA) is 62.8 Å². The van der Waals surface area contributed by atoms with Crippen LogP contribution in [0.5, 0.6) is 11.5 Å².